The van der Waals surface area contributed by atoms with Crippen molar-refractivity contribution in [2.75, 3.05) is 10.6 Å². The number of hydrogen-bond acceptors (Lipinski definition) is 6. The number of benzene rings is 2. The van der Waals surface area contributed by atoms with Crippen LogP contribution in [-0.4, -0.2) is 36.4 Å². The van der Waals surface area contributed by atoms with Crippen LogP contribution in [0.1, 0.15) is 6.92 Å². The van der Waals surface area contributed by atoms with Gasteiger partial charge in [-0.1, -0.05) is 24.3 Å². The first-order valence-electron chi connectivity index (χ1n) is 10.7. The summed E-state index contributed by atoms with van der Waals surface area (Å²) >= 11 is 2.32. The van der Waals surface area contributed by atoms with Gasteiger partial charge in [0, 0.05) is 22.7 Å². The molecule has 1 unspecified atom stereocenters. The van der Waals surface area contributed by atoms with Crippen molar-refractivity contribution in [3.63, 3.8) is 0 Å². The molecule has 5 aromatic rings. The molecule has 174 valence electrons. The van der Waals surface area contributed by atoms with Gasteiger partial charge in [0.05, 0.1) is 29.2 Å². The molecule has 3 heterocycles. The van der Waals surface area contributed by atoms with Crippen LogP contribution in [0.5, 0.6) is 0 Å². The summed E-state index contributed by atoms with van der Waals surface area (Å²) in [6.45, 7) is 1.71. The zero-order chi connectivity index (χ0) is 24.4. The van der Waals surface area contributed by atoms with E-state index in [1.807, 2.05) is 47.0 Å². The molecule has 0 spiro atoms. The molecule has 0 saturated carbocycles. The predicted molar refractivity (Wildman–Crippen MR) is 151 cm³/mol. The maximum Gasteiger partial charge on any atom is 0.258 e. The Balaban J connectivity index is 1.50. The van der Waals surface area contributed by atoms with Gasteiger partial charge >= 0.3 is 0 Å². The highest BCUT2D eigenvalue weighted by molar-refractivity contribution is 14.2. The number of carbonyl (C=O) groups is 1. The fourth-order valence-corrected chi connectivity index (χ4v) is 5.28. The molecule has 9 nitrogen and oxygen atoms in total. The van der Waals surface area contributed by atoms with Crippen LogP contribution in [0, 0.1) is 5.41 Å². The molecule has 0 aliphatic carbocycles. The van der Waals surface area contributed by atoms with Gasteiger partial charge in [0.1, 0.15) is 5.82 Å². The molecule has 0 saturated heterocycles. The van der Waals surface area contributed by atoms with Gasteiger partial charge in [0.2, 0.25) is 0 Å². The second-order valence-electron chi connectivity index (χ2n) is 7.54. The number of allylic oxidation sites excluding steroid dienone is 1. The lowest BCUT2D eigenvalue weighted by atomic mass is 10.2. The number of hydrogen-bond donors (Lipinski definition) is 3. The summed E-state index contributed by atoms with van der Waals surface area (Å²) < 4.78 is 3.72. The van der Waals surface area contributed by atoms with Crippen molar-refractivity contribution in [1.82, 2.24) is 24.3 Å². The minimum atomic E-state index is -0.387. The van der Waals surface area contributed by atoms with Crippen LogP contribution in [-0.2, 0) is 4.79 Å². The van der Waals surface area contributed by atoms with Crippen LogP contribution < -0.4 is 10.6 Å². The van der Waals surface area contributed by atoms with Crippen molar-refractivity contribution < 1.29 is 4.79 Å². The number of amides is 1. The van der Waals surface area contributed by atoms with Crippen LogP contribution in [0.25, 0.3) is 27.6 Å². The molecule has 11 heteroatoms. The zero-order valence-corrected chi connectivity index (χ0v) is 21.7. The van der Waals surface area contributed by atoms with E-state index in [2.05, 4.69) is 54.9 Å². The van der Waals surface area contributed by atoms with Gasteiger partial charge in [-0.3, -0.25) is 4.79 Å². The second kappa shape index (κ2) is 9.93. The summed E-state index contributed by atoms with van der Waals surface area (Å²) in [5.74, 6) is 1.24. The Bertz CT molecular complexity index is 1610. The van der Waals surface area contributed by atoms with E-state index >= 15 is 0 Å². The minimum absolute atomic E-state index is 0.259. The maximum absolute atomic E-state index is 12.3. The molecule has 0 aliphatic rings. The highest BCUT2D eigenvalue weighted by atomic mass is 127. The van der Waals surface area contributed by atoms with E-state index in [0.29, 0.717) is 23.8 Å². The monoisotopic (exact) mass is 594 g/mol. The number of para-hydroxylation sites is 1. The molecule has 5 rings (SSSR count). The molecule has 0 radical (unpaired) electrons. The normalized spacial score (nSPS) is 12.0. The summed E-state index contributed by atoms with van der Waals surface area (Å²) in [6.07, 6.45) is 5.00. The molecule has 35 heavy (non-hydrogen) atoms. The number of anilines is 3. The van der Waals surface area contributed by atoms with Gasteiger partial charge in [0.15, 0.2) is 11.6 Å². The number of rotatable bonds is 7. The Morgan fingerprint density at radius 1 is 1.11 bits per heavy atom. The van der Waals surface area contributed by atoms with Gasteiger partial charge < -0.3 is 16.0 Å². The van der Waals surface area contributed by atoms with E-state index in [4.69, 9.17) is 10.5 Å². The standard InChI is InChI=1S/C24H20IN8OP/c1-2-15(13-26)24(34)30-21-8-5-9-22(29-21)32-20-7-4-3-6-18(20)23(31-32)28-17-10-11-19-16(12-17)14-27-33(19)35-25/h2-14,26,35H,1H3,(H,28,31)(H,29,30,34)/b15-2+,26-13?. The predicted octanol–water partition coefficient (Wildman–Crippen LogP) is 5.84. The number of carbonyl (C=O) groups excluding carboxylic acids is 1. The molecular formula is C24H20IN8OP. The van der Waals surface area contributed by atoms with Gasteiger partial charge in [-0.2, -0.15) is 5.10 Å². The highest BCUT2D eigenvalue weighted by Gasteiger charge is 2.14. The van der Waals surface area contributed by atoms with Crippen LogP contribution in [0.3, 0.4) is 0 Å². The van der Waals surface area contributed by atoms with E-state index < -0.39 is 0 Å². The largest absolute Gasteiger partial charge is 0.338 e. The van der Waals surface area contributed by atoms with E-state index in [0.717, 1.165) is 33.7 Å². The Labute approximate surface area is 215 Å². The first kappa shape index (κ1) is 23.1. The third-order valence-corrected chi connectivity index (χ3v) is 7.31. The summed E-state index contributed by atoms with van der Waals surface area (Å²) in [5, 5.41) is 24.8. The van der Waals surface area contributed by atoms with Gasteiger partial charge in [-0.15, -0.1) is 5.10 Å². The molecule has 0 aliphatic heterocycles. The number of aromatic nitrogens is 5. The van der Waals surface area contributed by atoms with Gasteiger partial charge in [-0.05, 0) is 71.4 Å². The minimum Gasteiger partial charge on any atom is -0.338 e. The van der Waals surface area contributed by atoms with Crippen LogP contribution in [0.4, 0.5) is 17.3 Å². The van der Waals surface area contributed by atoms with Crippen molar-refractivity contribution in [2.24, 2.45) is 0 Å². The zero-order valence-electron chi connectivity index (χ0n) is 18.5. The van der Waals surface area contributed by atoms with E-state index in [-0.39, 0.29) is 11.5 Å². The average molecular weight is 594 g/mol. The Morgan fingerprint density at radius 2 is 1.97 bits per heavy atom. The lowest BCUT2D eigenvalue weighted by molar-refractivity contribution is -0.112. The molecule has 3 aromatic heterocycles. The van der Waals surface area contributed by atoms with Gasteiger partial charge in [0.25, 0.3) is 5.91 Å². The van der Waals surface area contributed by atoms with E-state index in [1.54, 1.807) is 29.8 Å². The van der Waals surface area contributed by atoms with Crippen molar-refractivity contribution in [2.45, 2.75) is 6.92 Å². The topological polar surface area (TPSA) is 114 Å². The van der Waals surface area contributed by atoms with Crippen LogP contribution >= 0.6 is 28.4 Å². The maximum atomic E-state index is 12.3. The summed E-state index contributed by atoms with van der Waals surface area (Å²) in [5.41, 5.74) is 3.13. The summed E-state index contributed by atoms with van der Waals surface area (Å²) in [4.78, 5) is 16.9. The highest BCUT2D eigenvalue weighted by Crippen LogP contribution is 2.32. The first-order valence-corrected chi connectivity index (χ1v) is 14.7. The molecule has 1 amide bonds. The molecule has 0 bridgehead atoms. The molecule has 2 aromatic carbocycles. The van der Waals surface area contributed by atoms with Crippen LogP contribution in [0.2, 0.25) is 0 Å². The van der Waals surface area contributed by atoms with E-state index in [1.165, 1.54) is 0 Å². The summed E-state index contributed by atoms with van der Waals surface area (Å²) in [6, 6.07) is 19.4. The quantitative estimate of drug-likeness (QED) is 0.0949. The van der Waals surface area contributed by atoms with Crippen LogP contribution in [0.15, 0.2) is 78.5 Å². The fraction of sp³-hybridized carbons (Fsp3) is 0.0417. The lowest BCUT2D eigenvalue weighted by Gasteiger charge is -2.07. The number of nitrogens with zero attached hydrogens (tertiary/aromatic N) is 5. The Hall–Kier alpha value is -3.63. The van der Waals surface area contributed by atoms with Crippen molar-refractivity contribution in [3.8, 4) is 5.82 Å². The first-order chi connectivity index (χ1) is 17.1. The molecule has 0 fully saturated rings. The van der Waals surface area contributed by atoms with Gasteiger partial charge in [-0.25, -0.2) is 14.1 Å². The Kier molecular flexibility index (Phi) is 6.56. The molecule has 3 N–H and O–H groups in total. The fourth-order valence-electron chi connectivity index (χ4n) is 3.73. The van der Waals surface area contributed by atoms with Crippen molar-refractivity contribution in [3.05, 3.63) is 78.5 Å². The molecular weight excluding hydrogens is 574 g/mol. The number of pyridine rings is 1. The van der Waals surface area contributed by atoms with Crippen molar-refractivity contribution in [1.29, 1.82) is 5.41 Å². The number of fused-ring (bicyclic) bond motifs is 2. The average Bonchev–Trinajstić information content (AvgIpc) is 3.46. The third-order valence-electron chi connectivity index (χ3n) is 5.42. The lowest BCUT2D eigenvalue weighted by Crippen LogP contribution is -2.16. The number of halogens is 1. The SMILES string of the molecule is C/C=C(\C=N)C(=O)Nc1cccc(-n2nc(Nc3ccc4c(cnn4PI)c3)c3ccccc32)n1. The number of nitrogens with one attached hydrogen (secondary N) is 3. The second-order valence-corrected chi connectivity index (χ2v) is 9.58. The molecule has 1 atom stereocenters. The van der Waals surface area contributed by atoms with E-state index in [9.17, 15) is 4.79 Å². The smallest absolute Gasteiger partial charge is 0.258 e. The summed E-state index contributed by atoms with van der Waals surface area (Å²) in [7, 11) is 0. The van der Waals surface area contributed by atoms with Crippen molar-refractivity contribution >= 4 is 79.7 Å². The Morgan fingerprint density at radius 3 is 2.77 bits per heavy atom. The third kappa shape index (κ3) is 4.54.